The Morgan fingerprint density at radius 1 is 1.14 bits per heavy atom. The Bertz CT molecular complexity index is 556. The van der Waals surface area contributed by atoms with E-state index in [0.29, 0.717) is 17.7 Å². The summed E-state index contributed by atoms with van der Waals surface area (Å²) < 4.78 is 0. The number of rotatable bonds is 1. The first-order chi connectivity index (χ1) is 10.2. The summed E-state index contributed by atoms with van der Waals surface area (Å²) in [6.45, 7) is 1.63. The zero-order chi connectivity index (χ0) is 14.4. The topological polar surface area (TPSA) is 40.5 Å². The summed E-state index contributed by atoms with van der Waals surface area (Å²) in [7, 11) is 0. The Balaban J connectivity index is 1.54. The SMILES string of the molecule is O=C(C1CCCc2ccccc21)N1CC2CCC(O)C2C1. The highest BCUT2D eigenvalue weighted by Crippen LogP contribution is 2.40. The fraction of sp³-hybridized carbons (Fsp3) is 0.611. The zero-order valence-electron chi connectivity index (χ0n) is 12.4. The van der Waals surface area contributed by atoms with Gasteiger partial charge in [0.1, 0.15) is 0 Å². The molecule has 21 heavy (non-hydrogen) atoms. The maximum Gasteiger partial charge on any atom is 0.230 e. The molecule has 1 heterocycles. The van der Waals surface area contributed by atoms with Gasteiger partial charge in [0.2, 0.25) is 5.91 Å². The van der Waals surface area contributed by atoms with Gasteiger partial charge in [0.05, 0.1) is 12.0 Å². The number of fused-ring (bicyclic) bond motifs is 2. The molecular weight excluding hydrogens is 262 g/mol. The molecule has 3 aliphatic rings. The van der Waals surface area contributed by atoms with E-state index in [-0.39, 0.29) is 12.0 Å². The minimum absolute atomic E-state index is 0.0471. The molecule has 4 rings (SSSR count). The van der Waals surface area contributed by atoms with Crippen LogP contribution < -0.4 is 0 Å². The highest BCUT2D eigenvalue weighted by molar-refractivity contribution is 5.84. The molecule has 1 aliphatic heterocycles. The van der Waals surface area contributed by atoms with Crippen LogP contribution >= 0.6 is 0 Å². The maximum atomic E-state index is 12.9. The lowest BCUT2D eigenvalue weighted by atomic mass is 9.82. The molecule has 0 aromatic heterocycles. The van der Waals surface area contributed by atoms with Crippen molar-refractivity contribution in [2.45, 2.75) is 44.1 Å². The van der Waals surface area contributed by atoms with Crippen LogP contribution in [0.1, 0.15) is 42.7 Å². The van der Waals surface area contributed by atoms with Crippen molar-refractivity contribution in [2.24, 2.45) is 11.8 Å². The highest BCUT2D eigenvalue weighted by atomic mass is 16.3. The van der Waals surface area contributed by atoms with E-state index in [2.05, 4.69) is 18.2 Å². The summed E-state index contributed by atoms with van der Waals surface area (Å²) in [6, 6.07) is 8.41. The monoisotopic (exact) mass is 285 g/mol. The van der Waals surface area contributed by atoms with Crippen LogP contribution in [0.15, 0.2) is 24.3 Å². The maximum absolute atomic E-state index is 12.9. The lowest BCUT2D eigenvalue weighted by Crippen LogP contribution is -2.36. The standard InChI is InChI=1S/C18H23NO2/c20-17-9-8-13-10-19(11-16(13)17)18(21)15-7-3-5-12-4-1-2-6-14(12)15/h1-2,4,6,13,15-17,20H,3,5,7-11H2. The van der Waals surface area contributed by atoms with Crippen LogP contribution in [0.2, 0.25) is 0 Å². The lowest BCUT2D eigenvalue weighted by molar-refractivity contribution is -0.132. The number of carbonyl (C=O) groups excluding carboxylic acids is 1. The van der Waals surface area contributed by atoms with Gasteiger partial charge in [-0.3, -0.25) is 4.79 Å². The minimum Gasteiger partial charge on any atom is -0.393 e. The van der Waals surface area contributed by atoms with Gasteiger partial charge in [-0.1, -0.05) is 24.3 Å². The first-order valence-electron chi connectivity index (χ1n) is 8.28. The van der Waals surface area contributed by atoms with Crippen molar-refractivity contribution in [1.29, 1.82) is 0 Å². The number of aliphatic hydroxyl groups is 1. The number of amides is 1. The highest BCUT2D eigenvalue weighted by Gasteiger charge is 2.44. The largest absolute Gasteiger partial charge is 0.393 e. The number of benzene rings is 1. The third kappa shape index (κ3) is 2.18. The molecule has 2 aliphatic carbocycles. The van der Waals surface area contributed by atoms with Crippen molar-refractivity contribution in [3.05, 3.63) is 35.4 Å². The molecule has 2 fully saturated rings. The van der Waals surface area contributed by atoms with Gasteiger partial charge in [0, 0.05) is 19.0 Å². The van der Waals surface area contributed by atoms with Gasteiger partial charge >= 0.3 is 0 Å². The summed E-state index contributed by atoms with van der Waals surface area (Å²) in [5.74, 6) is 1.20. The van der Waals surface area contributed by atoms with Gasteiger partial charge < -0.3 is 10.0 Å². The molecule has 1 amide bonds. The van der Waals surface area contributed by atoms with Crippen molar-refractivity contribution in [1.82, 2.24) is 4.90 Å². The molecule has 0 radical (unpaired) electrons. The fourth-order valence-electron chi connectivity index (χ4n) is 4.65. The summed E-state index contributed by atoms with van der Waals surface area (Å²) in [4.78, 5) is 15.0. The Hall–Kier alpha value is -1.35. The van der Waals surface area contributed by atoms with Gasteiger partial charge in [-0.25, -0.2) is 0 Å². The number of carbonyl (C=O) groups is 1. The van der Waals surface area contributed by atoms with Crippen molar-refractivity contribution in [2.75, 3.05) is 13.1 Å². The number of nitrogens with zero attached hydrogens (tertiary/aromatic N) is 1. The molecule has 3 nitrogen and oxygen atoms in total. The molecule has 1 aromatic rings. The Kier molecular flexibility index (Phi) is 3.26. The Labute approximate surface area is 126 Å². The van der Waals surface area contributed by atoms with Gasteiger partial charge in [0.25, 0.3) is 0 Å². The van der Waals surface area contributed by atoms with E-state index in [9.17, 15) is 9.90 Å². The number of likely N-dealkylation sites (tertiary alicyclic amines) is 1. The average Bonchev–Trinajstić information content (AvgIpc) is 3.08. The van der Waals surface area contributed by atoms with E-state index in [1.807, 2.05) is 11.0 Å². The second kappa shape index (κ2) is 5.13. The van der Waals surface area contributed by atoms with E-state index < -0.39 is 0 Å². The van der Waals surface area contributed by atoms with E-state index in [4.69, 9.17) is 0 Å². The summed E-state index contributed by atoms with van der Waals surface area (Å²) >= 11 is 0. The van der Waals surface area contributed by atoms with E-state index >= 15 is 0 Å². The predicted molar refractivity (Wildman–Crippen MR) is 80.9 cm³/mol. The van der Waals surface area contributed by atoms with Crippen molar-refractivity contribution in [3.8, 4) is 0 Å². The second-order valence-corrected chi connectivity index (χ2v) is 6.96. The van der Waals surface area contributed by atoms with Gasteiger partial charge in [-0.15, -0.1) is 0 Å². The van der Waals surface area contributed by atoms with Crippen LogP contribution in [-0.2, 0) is 11.2 Å². The second-order valence-electron chi connectivity index (χ2n) is 6.96. The summed E-state index contributed by atoms with van der Waals surface area (Å²) in [5.41, 5.74) is 2.59. The minimum atomic E-state index is -0.188. The van der Waals surface area contributed by atoms with Crippen LogP contribution in [0.25, 0.3) is 0 Å². The van der Waals surface area contributed by atoms with E-state index in [1.165, 1.54) is 11.1 Å². The van der Waals surface area contributed by atoms with Crippen LogP contribution in [0.4, 0.5) is 0 Å². The molecule has 1 saturated heterocycles. The number of hydrogen-bond donors (Lipinski definition) is 1. The number of aliphatic hydroxyl groups excluding tert-OH is 1. The van der Waals surface area contributed by atoms with Gasteiger partial charge in [-0.05, 0) is 49.1 Å². The number of hydrogen-bond acceptors (Lipinski definition) is 2. The number of aryl methyl sites for hydroxylation is 1. The molecule has 4 unspecified atom stereocenters. The Morgan fingerprint density at radius 3 is 2.86 bits per heavy atom. The van der Waals surface area contributed by atoms with Crippen molar-refractivity contribution in [3.63, 3.8) is 0 Å². The van der Waals surface area contributed by atoms with Gasteiger partial charge in [0.15, 0.2) is 0 Å². The molecule has 1 N–H and O–H groups in total. The first-order valence-corrected chi connectivity index (χ1v) is 8.28. The smallest absolute Gasteiger partial charge is 0.230 e. The molecule has 0 spiro atoms. The Morgan fingerprint density at radius 2 is 2.00 bits per heavy atom. The van der Waals surface area contributed by atoms with E-state index in [0.717, 1.165) is 45.2 Å². The average molecular weight is 285 g/mol. The van der Waals surface area contributed by atoms with Crippen molar-refractivity contribution >= 4 is 5.91 Å². The molecule has 4 atom stereocenters. The summed E-state index contributed by atoms with van der Waals surface area (Å²) in [5, 5.41) is 10.0. The van der Waals surface area contributed by atoms with Gasteiger partial charge in [-0.2, -0.15) is 0 Å². The molecule has 112 valence electrons. The molecular formula is C18H23NO2. The van der Waals surface area contributed by atoms with Crippen molar-refractivity contribution < 1.29 is 9.90 Å². The lowest BCUT2D eigenvalue weighted by Gasteiger charge is -2.29. The van der Waals surface area contributed by atoms with E-state index in [1.54, 1.807) is 0 Å². The van der Waals surface area contributed by atoms with Crippen LogP contribution in [0.5, 0.6) is 0 Å². The third-order valence-corrected chi connectivity index (χ3v) is 5.80. The molecule has 1 aromatic carbocycles. The van der Waals surface area contributed by atoms with Crippen LogP contribution in [0.3, 0.4) is 0 Å². The fourth-order valence-corrected chi connectivity index (χ4v) is 4.65. The molecule has 3 heteroatoms. The first kappa shape index (κ1) is 13.3. The normalized spacial score (nSPS) is 34.6. The quantitative estimate of drug-likeness (QED) is 0.860. The molecule has 1 saturated carbocycles. The van der Waals surface area contributed by atoms with Crippen LogP contribution in [0, 0.1) is 11.8 Å². The predicted octanol–water partition coefficient (Wildman–Crippen LogP) is 2.34. The third-order valence-electron chi connectivity index (χ3n) is 5.80. The summed E-state index contributed by atoms with van der Waals surface area (Å²) in [6.07, 6.45) is 5.00. The zero-order valence-corrected chi connectivity index (χ0v) is 12.4. The molecule has 0 bridgehead atoms. The van der Waals surface area contributed by atoms with Crippen LogP contribution in [-0.4, -0.2) is 35.1 Å².